The highest BCUT2D eigenvalue weighted by molar-refractivity contribution is 7.99. The van der Waals surface area contributed by atoms with Crippen LogP contribution < -0.4 is 10.6 Å². The van der Waals surface area contributed by atoms with Crippen molar-refractivity contribution in [2.24, 2.45) is 5.92 Å². The van der Waals surface area contributed by atoms with E-state index in [9.17, 15) is 4.79 Å². The van der Waals surface area contributed by atoms with Crippen LogP contribution in [0.15, 0.2) is 40.1 Å². The molecule has 9 nitrogen and oxygen atoms in total. The first kappa shape index (κ1) is 25.0. The van der Waals surface area contributed by atoms with E-state index in [2.05, 4.69) is 46.6 Å². The van der Waals surface area contributed by atoms with E-state index in [1.165, 1.54) is 0 Å². The maximum atomic E-state index is 13.0. The zero-order chi connectivity index (χ0) is 24.9. The first-order valence-corrected chi connectivity index (χ1v) is 12.8. The molecule has 1 amide bonds. The predicted octanol–water partition coefficient (Wildman–Crippen LogP) is 5.05. The van der Waals surface area contributed by atoms with Crippen molar-refractivity contribution in [1.82, 2.24) is 30.2 Å². The Morgan fingerprint density at radius 1 is 1.26 bits per heavy atom. The van der Waals surface area contributed by atoms with Crippen LogP contribution in [0.4, 0.5) is 5.82 Å². The van der Waals surface area contributed by atoms with E-state index in [1.54, 1.807) is 35.6 Å². The van der Waals surface area contributed by atoms with Gasteiger partial charge in [-0.15, -0.1) is 0 Å². The molecule has 4 rings (SSSR count). The van der Waals surface area contributed by atoms with E-state index in [4.69, 9.17) is 21.1 Å². The molecule has 0 spiro atoms. The first-order chi connectivity index (χ1) is 16.9. The number of halogens is 1. The molecule has 11 heteroatoms. The molecule has 4 aromatic rings. The Hall–Kier alpha value is -3.11. The highest BCUT2D eigenvalue weighted by atomic mass is 35.5. The fraction of sp³-hybridized carbons (Fsp3) is 0.375. The third-order valence-corrected chi connectivity index (χ3v) is 6.31. The second-order valence-electron chi connectivity index (χ2n) is 8.37. The summed E-state index contributed by atoms with van der Waals surface area (Å²) in [5.41, 5.74) is 2.17. The number of rotatable bonds is 10. The molecule has 35 heavy (non-hydrogen) atoms. The number of nitrogens with one attached hydrogen (secondary N) is 2. The van der Waals surface area contributed by atoms with Gasteiger partial charge in [0.25, 0.3) is 5.91 Å². The largest absolute Gasteiger partial charge is 0.369 e. The number of hydrogen-bond donors (Lipinski definition) is 2. The molecule has 0 bridgehead atoms. The first-order valence-electron chi connectivity index (χ1n) is 11.5. The van der Waals surface area contributed by atoms with Gasteiger partial charge in [0.1, 0.15) is 22.8 Å². The average Bonchev–Trinajstić information content (AvgIpc) is 3.41. The maximum absolute atomic E-state index is 13.0. The zero-order valence-electron chi connectivity index (χ0n) is 20.1. The molecule has 0 fully saturated rings. The maximum Gasteiger partial charge on any atom is 0.257 e. The van der Waals surface area contributed by atoms with Gasteiger partial charge in [0.05, 0.1) is 23.2 Å². The Kier molecular flexibility index (Phi) is 7.92. The van der Waals surface area contributed by atoms with Crippen LogP contribution in [0.3, 0.4) is 0 Å². The molecular weight excluding hydrogens is 486 g/mol. The van der Waals surface area contributed by atoms with Crippen molar-refractivity contribution in [1.29, 1.82) is 0 Å². The van der Waals surface area contributed by atoms with Crippen LogP contribution in [0.1, 0.15) is 36.9 Å². The second kappa shape index (κ2) is 11.1. The summed E-state index contributed by atoms with van der Waals surface area (Å²) < 4.78 is 7.10. The molecule has 0 saturated carbocycles. The number of fused-ring (bicyclic) bond motifs is 1. The number of thioether (sulfide) groups is 1. The van der Waals surface area contributed by atoms with Gasteiger partial charge in [-0.1, -0.05) is 67.5 Å². The van der Waals surface area contributed by atoms with Crippen molar-refractivity contribution in [2.45, 2.75) is 39.4 Å². The predicted molar refractivity (Wildman–Crippen MR) is 139 cm³/mol. The fourth-order valence-corrected chi connectivity index (χ4v) is 4.36. The quantitative estimate of drug-likeness (QED) is 0.224. The summed E-state index contributed by atoms with van der Waals surface area (Å²) in [7, 11) is 0. The molecule has 0 saturated heterocycles. The molecule has 3 aromatic heterocycles. The van der Waals surface area contributed by atoms with Crippen LogP contribution in [-0.4, -0.2) is 49.7 Å². The molecule has 0 radical (unpaired) electrons. The Morgan fingerprint density at radius 3 is 2.80 bits per heavy atom. The van der Waals surface area contributed by atoms with E-state index in [-0.39, 0.29) is 5.91 Å². The molecule has 184 valence electrons. The van der Waals surface area contributed by atoms with Crippen molar-refractivity contribution in [3.05, 3.63) is 46.8 Å². The average molecular weight is 514 g/mol. The van der Waals surface area contributed by atoms with Crippen LogP contribution >= 0.6 is 23.4 Å². The van der Waals surface area contributed by atoms with Gasteiger partial charge in [-0.3, -0.25) is 4.79 Å². The van der Waals surface area contributed by atoms with E-state index >= 15 is 0 Å². The number of aromatic nitrogens is 5. The molecule has 0 aliphatic heterocycles. The van der Waals surface area contributed by atoms with Crippen LogP contribution in [0.2, 0.25) is 5.02 Å². The number of amides is 1. The smallest absolute Gasteiger partial charge is 0.257 e. The number of benzene rings is 1. The summed E-state index contributed by atoms with van der Waals surface area (Å²) in [5.74, 6) is 2.26. The molecule has 0 unspecified atom stereocenters. The molecule has 3 heterocycles. The number of carbonyl (C=O) groups is 1. The summed E-state index contributed by atoms with van der Waals surface area (Å²) in [5, 5.41) is 17.0. The van der Waals surface area contributed by atoms with Gasteiger partial charge in [-0.2, -0.15) is 5.10 Å². The molecule has 2 N–H and O–H groups in total. The Morgan fingerprint density at radius 2 is 2.06 bits per heavy atom. The lowest BCUT2D eigenvalue weighted by atomic mass is 10.1. The van der Waals surface area contributed by atoms with E-state index in [0.717, 1.165) is 29.1 Å². The minimum Gasteiger partial charge on any atom is -0.369 e. The minimum absolute atomic E-state index is 0.286. The Labute approximate surface area is 213 Å². The van der Waals surface area contributed by atoms with Crippen molar-refractivity contribution in [2.75, 3.05) is 24.2 Å². The Balaban J connectivity index is 1.51. The number of anilines is 1. The fourth-order valence-electron chi connectivity index (χ4n) is 3.57. The van der Waals surface area contributed by atoms with E-state index in [0.29, 0.717) is 51.8 Å². The lowest BCUT2D eigenvalue weighted by Gasteiger charge is -2.11. The Bertz CT molecular complexity index is 1330. The van der Waals surface area contributed by atoms with E-state index < -0.39 is 0 Å². The number of aryl methyl sites for hydroxylation is 1. The standard InChI is InChI=1S/C24H28ClN7O2S/c1-5-35-24-29-21(27-12-14(2)3)17-13-28-32(22(17)30-24)11-10-26-23(33)19-15(4)34-31-20(19)16-8-6-7-9-18(16)25/h6-9,13-14H,5,10-12H2,1-4H3,(H,26,33)(H,27,29,30). The molecule has 0 aliphatic carbocycles. The SMILES string of the molecule is CCSc1nc(NCC(C)C)c2cnn(CCNC(=O)c3c(-c4ccccc4Cl)noc3C)c2n1. The number of hydrogen-bond acceptors (Lipinski definition) is 8. The van der Waals surface area contributed by atoms with Crippen molar-refractivity contribution in [3.8, 4) is 11.3 Å². The lowest BCUT2D eigenvalue weighted by molar-refractivity contribution is 0.0951. The van der Waals surface area contributed by atoms with Gasteiger partial charge in [-0.05, 0) is 24.7 Å². The highest BCUT2D eigenvalue weighted by Crippen LogP contribution is 2.31. The molecule has 0 atom stereocenters. The third-order valence-electron chi connectivity index (χ3n) is 5.25. The van der Waals surface area contributed by atoms with Crippen LogP contribution in [0.25, 0.3) is 22.3 Å². The summed E-state index contributed by atoms with van der Waals surface area (Å²) in [4.78, 5) is 22.4. The number of nitrogens with zero attached hydrogens (tertiary/aromatic N) is 5. The third kappa shape index (κ3) is 5.59. The van der Waals surface area contributed by atoms with Crippen molar-refractivity contribution >= 4 is 46.1 Å². The van der Waals surface area contributed by atoms with Crippen LogP contribution in [0.5, 0.6) is 0 Å². The topological polar surface area (TPSA) is 111 Å². The summed E-state index contributed by atoms with van der Waals surface area (Å²) >= 11 is 7.89. The van der Waals surface area contributed by atoms with Crippen LogP contribution in [0, 0.1) is 12.8 Å². The molecule has 1 aromatic carbocycles. The highest BCUT2D eigenvalue weighted by Gasteiger charge is 2.23. The van der Waals surface area contributed by atoms with E-state index in [1.807, 2.05) is 18.2 Å². The van der Waals surface area contributed by atoms with Gasteiger partial charge in [0, 0.05) is 18.7 Å². The van der Waals surface area contributed by atoms with Crippen LogP contribution in [-0.2, 0) is 6.54 Å². The van der Waals surface area contributed by atoms with Gasteiger partial charge < -0.3 is 15.2 Å². The monoisotopic (exact) mass is 513 g/mol. The molecular formula is C24H28ClN7O2S. The molecule has 0 aliphatic rings. The summed E-state index contributed by atoms with van der Waals surface area (Å²) in [6, 6.07) is 7.23. The summed E-state index contributed by atoms with van der Waals surface area (Å²) in [6.45, 7) is 9.65. The van der Waals surface area contributed by atoms with Gasteiger partial charge in [0.2, 0.25) is 0 Å². The number of carbonyl (C=O) groups excluding carboxylic acids is 1. The minimum atomic E-state index is -0.286. The van der Waals surface area contributed by atoms with Gasteiger partial charge >= 0.3 is 0 Å². The van der Waals surface area contributed by atoms with Gasteiger partial charge in [0.15, 0.2) is 10.8 Å². The second-order valence-corrected chi connectivity index (χ2v) is 10.0. The van der Waals surface area contributed by atoms with Crippen molar-refractivity contribution < 1.29 is 9.32 Å². The summed E-state index contributed by atoms with van der Waals surface area (Å²) in [6.07, 6.45) is 1.76. The van der Waals surface area contributed by atoms with Crippen molar-refractivity contribution in [3.63, 3.8) is 0 Å². The zero-order valence-corrected chi connectivity index (χ0v) is 21.7. The van der Waals surface area contributed by atoms with Gasteiger partial charge in [-0.25, -0.2) is 14.6 Å². The lowest BCUT2D eigenvalue weighted by Crippen LogP contribution is -2.28. The normalized spacial score (nSPS) is 11.4.